The summed E-state index contributed by atoms with van der Waals surface area (Å²) in [6, 6.07) is 15.3. The highest BCUT2D eigenvalue weighted by molar-refractivity contribution is 6.46. The molecule has 2 aromatic carbocycles. The molecule has 7 nitrogen and oxygen atoms in total. The van der Waals surface area contributed by atoms with E-state index in [-0.39, 0.29) is 24.7 Å². The van der Waals surface area contributed by atoms with E-state index in [2.05, 4.69) is 4.98 Å². The van der Waals surface area contributed by atoms with Crippen molar-refractivity contribution in [3.05, 3.63) is 94.8 Å². The van der Waals surface area contributed by atoms with Crippen molar-refractivity contribution in [3.63, 3.8) is 0 Å². The first-order chi connectivity index (χ1) is 15.5. The van der Waals surface area contributed by atoms with Crippen LogP contribution in [0, 0.1) is 6.92 Å². The minimum Gasteiger partial charge on any atom is -0.507 e. The molecule has 3 heterocycles. The molecule has 1 N–H and O–H groups in total. The number of hydrogen-bond acceptors (Lipinski definition) is 6. The quantitative estimate of drug-likeness (QED) is 0.387. The summed E-state index contributed by atoms with van der Waals surface area (Å²) >= 11 is 0. The molecule has 3 aromatic rings. The molecule has 32 heavy (non-hydrogen) atoms. The average Bonchev–Trinajstić information content (AvgIpc) is 3.38. The molecule has 0 aliphatic carbocycles. The molecular formula is C25H20N2O5. The Morgan fingerprint density at radius 2 is 1.81 bits per heavy atom. The average molecular weight is 428 g/mol. The van der Waals surface area contributed by atoms with Crippen molar-refractivity contribution in [1.29, 1.82) is 0 Å². The third-order valence-electron chi connectivity index (χ3n) is 5.77. The summed E-state index contributed by atoms with van der Waals surface area (Å²) < 4.78 is 10.7. The third-order valence-corrected chi connectivity index (χ3v) is 5.77. The molecule has 0 saturated carbocycles. The molecule has 1 amide bonds. The number of fused-ring (bicyclic) bond motifs is 1. The normalized spacial score (nSPS) is 18.9. The summed E-state index contributed by atoms with van der Waals surface area (Å²) in [5, 5.41) is 11.2. The second kappa shape index (κ2) is 7.85. The molecule has 2 aliphatic rings. The van der Waals surface area contributed by atoms with E-state index in [4.69, 9.17) is 9.47 Å². The molecule has 1 saturated heterocycles. The smallest absolute Gasteiger partial charge is 0.295 e. The summed E-state index contributed by atoms with van der Waals surface area (Å²) in [7, 11) is 0. The number of hydrogen-bond donors (Lipinski definition) is 1. The van der Waals surface area contributed by atoms with Crippen LogP contribution in [0.25, 0.3) is 5.76 Å². The number of Topliss-reactive ketones (excluding diaryl/α,β-unsaturated/α-hetero) is 1. The van der Waals surface area contributed by atoms with Crippen LogP contribution in [-0.2, 0) is 16.1 Å². The van der Waals surface area contributed by atoms with Crippen molar-refractivity contribution in [2.75, 3.05) is 6.79 Å². The zero-order valence-electron chi connectivity index (χ0n) is 17.3. The lowest BCUT2D eigenvalue weighted by molar-refractivity contribution is -0.140. The van der Waals surface area contributed by atoms with Gasteiger partial charge in [0, 0.05) is 24.5 Å². The van der Waals surface area contributed by atoms with Gasteiger partial charge >= 0.3 is 0 Å². The second-order valence-electron chi connectivity index (χ2n) is 7.71. The molecule has 1 aromatic heterocycles. The first-order valence-electron chi connectivity index (χ1n) is 10.2. The van der Waals surface area contributed by atoms with Crippen molar-refractivity contribution < 1.29 is 24.2 Å². The van der Waals surface area contributed by atoms with Crippen LogP contribution in [0.3, 0.4) is 0 Å². The molecule has 0 bridgehead atoms. The molecule has 1 unspecified atom stereocenters. The van der Waals surface area contributed by atoms with Crippen LogP contribution in [0.1, 0.15) is 28.3 Å². The molecule has 1 atom stereocenters. The molecule has 7 heteroatoms. The lowest BCUT2D eigenvalue weighted by Crippen LogP contribution is -2.29. The number of ether oxygens (including phenoxy) is 2. The number of aliphatic hydroxyl groups is 1. The Hall–Kier alpha value is -4.13. The number of ketones is 1. The number of likely N-dealkylation sites (tertiary alicyclic amines) is 1. The summed E-state index contributed by atoms with van der Waals surface area (Å²) in [5.41, 5.74) is 2.97. The van der Waals surface area contributed by atoms with Gasteiger partial charge in [0.25, 0.3) is 11.7 Å². The van der Waals surface area contributed by atoms with E-state index in [1.807, 2.05) is 31.2 Å². The standard InChI is InChI=1S/C25H20N2O5/c1-15-4-2-3-5-18(15)22-21(23(28)17-6-7-19-20(12-17)32-14-31-19)24(29)25(30)27(22)13-16-8-10-26-11-9-16/h2-12,22,28H,13-14H2,1H3/b23-21+. The van der Waals surface area contributed by atoms with E-state index in [0.717, 1.165) is 16.7 Å². The Morgan fingerprint density at radius 3 is 2.59 bits per heavy atom. The largest absolute Gasteiger partial charge is 0.507 e. The number of rotatable bonds is 4. The first-order valence-corrected chi connectivity index (χ1v) is 10.2. The summed E-state index contributed by atoms with van der Waals surface area (Å²) in [6.45, 7) is 2.23. The Kier molecular flexibility index (Phi) is 4.86. The highest BCUT2D eigenvalue weighted by atomic mass is 16.7. The van der Waals surface area contributed by atoms with Crippen LogP contribution in [0.4, 0.5) is 0 Å². The van der Waals surface area contributed by atoms with Gasteiger partial charge < -0.3 is 19.5 Å². The summed E-state index contributed by atoms with van der Waals surface area (Å²) in [4.78, 5) is 31.8. The lowest BCUT2D eigenvalue weighted by atomic mass is 9.92. The summed E-state index contributed by atoms with van der Waals surface area (Å²) in [5.74, 6) is -0.574. The Balaban J connectivity index is 1.66. The number of pyridine rings is 1. The lowest BCUT2D eigenvalue weighted by Gasteiger charge is -2.26. The number of carbonyl (C=O) groups excluding carboxylic acids is 2. The van der Waals surface area contributed by atoms with Crippen LogP contribution in [-0.4, -0.2) is 33.5 Å². The van der Waals surface area contributed by atoms with Crippen LogP contribution in [0.2, 0.25) is 0 Å². The Labute approximate surface area is 184 Å². The minimum absolute atomic E-state index is 0.0530. The van der Waals surface area contributed by atoms with Gasteiger partial charge in [0.15, 0.2) is 11.5 Å². The number of aliphatic hydroxyl groups excluding tert-OH is 1. The maximum Gasteiger partial charge on any atom is 0.295 e. The van der Waals surface area contributed by atoms with E-state index in [0.29, 0.717) is 17.1 Å². The maximum absolute atomic E-state index is 13.2. The molecule has 0 spiro atoms. The molecule has 5 rings (SSSR count). The van der Waals surface area contributed by atoms with Gasteiger partial charge in [-0.2, -0.15) is 0 Å². The fourth-order valence-electron chi connectivity index (χ4n) is 4.14. The highest BCUT2D eigenvalue weighted by Crippen LogP contribution is 2.42. The monoisotopic (exact) mass is 428 g/mol. The van der Waals surface area contributed by atoms with E-state index < -0.39 is 17.7 Å². The Morgan fingerprint density at radius 1 is 1.06 bits per heavy atom. The summed E-state index contributed by atoms with van der Waals surface area (Å²) in [6.07, 6.45) is 3.28. The van der Waals surface area contributed by atoms with Gasteiger partial charge in [-0.3, -0.25) is 14.6 Å². The van der Waals surface area contributed by atoms with Crippen molar-refractivity contribution >= 4 is 17.4 Å². The van der Waals surface area contributed by atoms with Crippen LogP contribution < -0.4 is 9.47 Å². The number of amides is 1. The predicted octanol–water partition coefficient (Wildman–Crippen LogP) is 3.74. The van der Waals surface area contributed by atoms with Crippen molar-refractivity contribution in [1.82, 2.24) is 9.88 Å². The first kappa shape index (κ1) is 19.8. The number of aryl methyl sites for hydroxylation is 1. The van der Waals surface area contributed by atoms with Gasteiger partial charge in [-0.25, -0.2) is 0 Å². The molecule has 2 aliphatic heterocycles. The van der Waals surface area contributed by atoms with Gasteiger partial charge in [-0.1, -0.05) is 24.3 Å². The topological polar surface area (TPSA) is 89.0 Å². The fraction of sp³-hybridized carbons (Fsp3) is 0.160. The zero-order chi connectivity index (χ0) is 22.2. The van der Waals surface area contributed by atoms with E-state index >= 15 is 0 Å². The molecule has 1 fully saturated rings. The number of aromatic nitrogens is 1. The Bertz CT molecular complexity index is 1250. The van der Waals surface area contributed by atoms with E-state index in [1.54, 1.807) is 42.7 Å². The number of carbonyl (C=O) groups is 2. The third kappa shape index (κ3) is 3.28. The second-order valence-corrected chi connectivity index (χ2v) is 7.71. The van der Waals surface area contributed by atoms with Gasteiger partial charge in [-0.15, -0.1) is 0 Å². The molecule has 0 radical (unpaired) electrons. The highest BCUT2D eigenvalue weighted by Gasteiger charge is 2.46. The molecular weight excluding hydrogens is 408 g/mol. The number of benzene rings is 2. The fourth-order valence-corrected chi connectivity index (χ4v) is 4.14. The van der Waals surface area contributed by atoms with Gasteiger partial charge in [0.1, 0.15) is 5.76 Å². The zero-order valence-corrected chi connectivity index (χ0v) is 17.3. The van der Waals surface area contributed by atoms with Crippen molar-refractivity contribution in [3.8, 4) is 11.5 Å². The van der Waals surface area contributed by atoms with Crippen molar-refractivity contribution in [2.45, 2.75) is 19.5 Å². The minimum atomic E-state index is -0.727. The SMILES string of the molecule is Cc1ccccc1C1/C(=C(\O)c2ccc3c(c2)OCO3)C(=O)C(=O)N1Cc1ccncc1. The number of nitrogens with zero attached hydrogens (tertiary/aromatic N) is 2. The van der Waals surface area contributed by atoms with Gasteiger partial charge in [0.05, 0.1) is 11.6 Å². The van der Waals surface area contributed by atoms with Gasteiger partial charge in [-0.05, 0) is 53.9 Å². The van der Waals surface area contributed by atoms with Crippen LogP contribution in [0.15, 0.2) is 72.6 Å². The van der Waals surface area contributed by atoms with Crippen LogP contribution in [0.5, 0.6) is 11.5 Å². The maximum atomic E-state index is 13.2. The predicted molar refractivity (Wildman–Crippen MR) is 116 cm³/mol. The van der Waals surface area contributed by atoms with E-state index in [1.165, 1.54) is 4.90 Å². The van der Waals surface area contributed by atoms with E-state index in [9.17, 15) is 14.7 Å². The van der Waals surface area contributed by atoms with Crippen LogP contribution >= 0.6 is 0 Å². The molecule has 160 valence electrons. The van der Waals surface area contributed by atoms with Crippen molar-refractivity contribution in [2.24, 2.45) is 0 Å². The van der Waals surface area contributed by atoms with Gasteiger partial charge in [0.2, 0.25) is 6.79 Å².